The summed E-state index contributed by atoms with van der Waals surface area (Å²) in [5, 5.41) is 19.7. The Morgan fingerprint density at radius 1 is 1.21 bits per heavy atom. The van der Waals surface area contributed by atoms with Gasteiger partial charge in [0.25, 0.3) is 11.8 Å². The molecule has 8 nitrogen and oxygen atoms in total. The SMILES string of the molecule is C=C(C#N)CN1Cc2c(-c3ccc4[nH]nc(C(=O)Nc5ccccc5)c4c3)ccc(N)c2C1=O. The molecule has 0 atom stereocenters. The van der Waals surface area contributed by atoms with Gasteiger partial charge in [0.2, 0.25) is 0 Å². The Balaban J connectivity index is 1.54. The van der Waals surface area contributed by atoms with Crippen LogP contribution in [0.5, 0.6) is 0 Å². The van der Waals surface area contributed by atoms with Crippen LogP contribution in [0.25, 0.3) is 22.0 Å². The average molecular weight is 448 g/mol. The number of fused-ring (bicyclic) bond motifs is 2. The van der Waals surface area contributed by atoms with Crippen LogP contribution in [0.1, 0.15) is 26.4 Å². The molecule has 1 aromatic heterocycles. The quantitative estimate of drug-likeness (QED) is 0.313. The Morgan fingerprint density at radius 2 is 2.00 bits per heavy atom. The van der Waals surface area contributed by atoms with E-state index in [-0.39, 0.29) is 24.1 Å². The number of nitrogens with one attached hydrogen (secondary N) is 2. The van der Waals surface area contributed by atoms with E-state index in [1.165, 1.54) is 0 Å². The van der Waals surface area contributed by atoms with E-state index in [0.29, 0.717) is 34.4 Å². The number of aromatic amines is 1. The fraction of sp³-hybridized carbons (Fsp3) is 0.0769. The lowest BCUT2D eigenvalue weighted by atomic mass is 9.94. The summed E-state index contributed by atoms with van der Waals surface area (Å²) >= 11 is 0. The van der Waals surface area contributed by atoms with Crippen LogP contribution in [0, 0.1) is 11.3 Å². The van der Waals surface area contributed by atoms with E-state index >= 15 is 0 Å². The third-order valence-corrected chi connectivity index (χ3v) is 5.86. The molecule has 2 amide bonds. The molecule has 1 aliphatic heterocycles. The maximum absolute atomic E-state index is 13.0. The molecule has 34 heavy (non-hydrogen) atoms. The smallest absolute Gasteiger partial charge is 0.276 e. The number of hydrogen-bond acceptors (Lipinski definition) is 5. The molecule has 0 aliphatic carbocycles. The van der Waals surface area contributed by atoms with E-state index in [0.717, 1.165) is 22.2 Å². The highest BCUT2D eigenvalue weighted by Crippen LogP contribution is 2.37. The van der Waals surface area contributed by atoms with Gasteiger partial charge in [0.05, 0.1) is 23.7 Å². The molecule has 4 aromatic rings. The maximum Gasteiger partial charge on any atom is 0.276 e. The van der Waals surface area contributed by atoms with Gasteiger partial charge in [0.1, 0.15) is 0 Å². The number of carbonyl (C=O) groups excluding carboxylic acids is 2. The van der Waals surface area contributed by atoms with Crippen molar-refractivity contribution < 1.29 is 9.59 Å². The van der Waals surface area contributed by atoms with Gasteiger partial charge in [0.15, 0.2) is 5.69 Å². The normalized spacial score (nSPS) is 12.4. The number of nitrogens with two attached hydrogens (primary N) is 1. The van der Waals surface area contributed by atoms with E-state index in [2.05, 4.69) is 22.1 Å². The number of amides is 2. The molecule has 3 aromatic carbocycles. The Bertz CT molecular complexity index is 1510. The number of para-hydroxylation sites is 1. The number of anilines is 2. The molecular weight excluding hydrogens is 428 g/mol. The van der Waals surface area contributed by atoms with Gasteiger partial charge in [-0.15, -0.1) is 0 Å². The highest BCUT2D eigenvalue weighted by molar-refractivity contribution is 6.12. The Labute approximate surface area is 195 Å². The van der Waals surface area contributed by atoms with Crippen LogP contribution in [0.4, 0.5) is 11.4 Å². The second-order valence-electron chi connectivity index (χ2n) is 8.09. The molecular formula is C26H20N6O2. The van der Waals surface area contributed by atoms with Crippen LogP contribution >= 0.6 is 0 Å². The number of nitrogens with zero attached hydrogens (tertiary/aromatic N) is 3. The number of nitriles is 1. The third-order valence-electron chi connectivity index (χ3n) is 5.86. The predicted molar refractivity (Wildman–Crippen MR) is 130 cm³/mol. The molecule has 0 fully saturated rings. The molecule has 0 saturated heterocycles. The summed E-state index contributed by atoms with van der Waals surface area (Å²) in [4.78, 5) is 27.4. The number of benzene rings is 3. The first-order valence-electron chi connectivity index (χ1n) is 10.6. The first-order chi connectivity index (χ1) is 16.5. The Morgan fingerprint density at radius 3 is 2.76 bits per heavy atom. The summed E-state index contributed by atoms with van der Waals surface area (Å²) in [5.41, 5.74) is 11.4. The summed E-state index contributed by atoms with van der Waals surface area (Å²) in [6.07, 6.45) is 0. The Kier molecular flexibility index (Phi) is 5.07. The van der Waals surface area contributed by atoms with Crippen molar-refractivity contribution in [3.63, 3.8) is 0 Å². The summed E-state index contributed by atoms with van der Waals surface area (Å²) in [5.74, 6) is -0.549. The molecule has 5 rings (SSSR count). The molecule has 0 bridgehead atoms. The lowest BCUT2D eigenvalue weighted by molar-refractivity contribution is 0.0794. The van der Waals surface area contributed by atoms with Crippen molar-refractivity contribution in [2.24, 2.45) is 0 Å². The largest absolute Gasteiger partial charge is 0.398 e. The number of carbonyl (C=O) groups is 2. The molecule has 1 aliphatic rings. The van der Waals surface area contributed by atoms with Crippen molar-refractivity contribution in [2.45, 2.75) is 6.54 Å². The van der Waals surface area contributed by atoms with Gasteiger partial charge >= 0.3 is 0 Å². The van der Waals surface area contributed by atoms with Crippen molar-refractivity contribution in [3.8, 4) is 17.2 Å². The monoisotopic (exact) mass is 448 g/mol. The summed E-state index contributed by atoms with van der Waals surface area (Å²) < 4.78 is 0. The van der Waals surface area contributed by atoms with Gasteiger partial charge in [-0.3, -0.25) is 14.7 Å². The van der Waals surface area contributed by atoms with Gasteiger partial charge < -0.3 is 16.0 Å². The highest BCUT2D eigenvalue weighted by atomic mass is 16.2. The predicted octanol–water partition coefficient (Wildman–Crippen LogP) is 4.10. The molecule has 8 heteroatoms. The topological polar surface area (TPSA) is 128 Å². The van der Waals surface area contributed by atoms with Gasteiger partial charge in [-0.05, 0) is 47.0 Å². The molecule has 0 saturated carbocycles. The number of rotatable bonds is 5. The fourth-order valence-corrected chi connectivity index (χ4v) is 4.23. The lowest BCUT2D eigenvalue weighted by Crippen LogP contribution is -2.26. The molecule has 0 unspecified atom stereocenters. The van der Waals surface area contributed by atoms with Crippen LogP contribution in [0.2, 0.25) is 0 Å². The average Bonchev–Trinajstić information content (AvgIpc) is 3.41. The second kappa shape index (κ2) is 8.22. The molecule has 0 radical (unpaired) electrons. The van der Waals surface area contributed by atoms with E-state index < -0.39 is 0 Å². The van der Waals surface area contributed by atoms with Crippen molar-refractivity contribution in [2.75, 3.05) is 17.6 Å². The van der Waals surface area contributed by atoms with Crippen LogP contribution in [-0.2, 0) is 6.54 Å². The maximum atomic E-state index is 13.0. The zero-order valence-corrected chi connectivity index (χ0v) is 18.1. The van der Waals surface area contributed by atoms with Crippen LogP contribution in [0.3, 0.4) is 0 Å². The molecule has 0 spiro atoms. The number of hydrogen-bond donors (Lipinski definition) is 3. The molecule has 166 valence electrons. The van der Waals surface area contributed by atoms with Gasteiger partial charge in [-0.25, -0.2) is 0 Å². The minimum absolute atomic E-state index is 0.146. The van der Waals surface area contributed by atoms with E-state index in [1.54, 1.807) is 23.1 Å². The van der Waals surface area contributed by atoms with Crippen molar-refractivity contribution in [1.29, 1.82) is 5.26 Å². The number of nitrogen functional groups attached to an aromatic ring is 1. The van der Waals surface area contributed by atoms with E-state index in [1.807, 2.05) is 48.5 Å². The minimum Gasteiger partial charge on any atom is -0.398 e. The van der Waals surface area contributed by atoms with E-state index in [4.69, 9.17) is 11.0 Å². The van der Waals surface area contributed by atoms with Crippen LogP contribution in [-0.4, -0.2) is 33.5 Å². The summed E-state index contributed by atoms with van der Waals surface area (Å²) in [7, 11) is 0. The molecule has 4 N–H and O–H groups in total. The first-order valence-corrected chi connectivity index (χ1v) is 10.6. The number of aromatic nitrogens is 2. The highest BCUT2D eigenvalue weighted by Gasteiger charge is 2.32. The lowest BCUT2D eigenvalue weighted by Gasteiger charge is -2.14. The van der Waals surface area contributed by atoms with Gasteiger partial charge in [-0.2, -0.15) is 10.4 Å². The summed E-state index contributed by atoms with van der Waals surface area (Å²) in [6, 6.07) is 20.4. The van der Waals surface area contributed by atoms with Crippen molar-refractivity contribution in [3.05, 3.63) is 89.6 Å². The van der Waals surface area contributed by atoms with Gasteiger partial charge in [0, 0.05) is 28.9 Å². The first kappa shape index (κ1) is 21.0. The van der Waals surface area contributed by atoms with Crippen LogP contribution < -0.4 is 11.1 Å². The van der Waals surface area contributed by atoms with E-state index in [9.17, 15) is 9.59 Å². The molecule has 2 heterocycles. The fourth-order valence-electron chi connectivity index (χ4n) is 4.23. The van der Waals surface area contributed by atoms with Gasteiger partial charge in [-0.1, -0.05) is 36.9 Å². The zero-order chi connectivity index (χ0) is 23.8. The Hall–Kier alpha value is -4.90. The third kappa shape index (κ3) is 3.55. The second-order valence-corrected chi connectivity index (χ2v) is 8.09. The minimum atomic E-state index is -0.325. The zero-order valence-electron chi connectivity index (χ0n) is 18.1. The number of H-pyrrole nitrogens is 1. The standard InChI is InChI=1S/C26H20N6O2/c1-15(12-27)13-32-14-20-18(8-9-21(28)23(20)26(32)34)16-7-10-22-19(11-16)24(31-30-22)25(33)29-17-5-3-2-4-6-17/h2-11H,1,13-14,28H2,(H,29,33)(H,30,31). The summed E-state index contributed by atoms with van der Waals surface area (Å²) in [6.45, 7) is 4.15. The van der Waals surface area contributed by atoms with Crippen molar-refractivity contribution in [1.82, 2.24) is 15.1 Å². The van der Waals surface area contributed by atoms with Crippen molar-refractivity contribution >= 4 is 34.1 Å². The van der Waals surface area contributed by atoms with Crippen LogP contribution in [0.15, 0.2) is 72.8 Å².